The quantitative estimate of drug-likeness (QED) is 0.727. The van der Waals surface area contributed by atoms with E-state index in [1.165, 1.54) is 12.3 Å². The summed E-state index contributed by atoms with van der Waals surface area (Å²) in [5.74, 6) is -0.617. The van der Waals surface area contributed by atoms with Crippen molar-refractivity contribution in [2.24, 2.45) is 5.41 Å². The minimum absolute atomic E-state index is 0.0754. The van der Waals surface area contributed by atoms with Crippen LogP contribution in [-0.2, 0) is 0 Å². The summed E-state index contributed by atoms with van der Waals surface area (Å²) in [5, 5.41) is 11.9. The van der Waals surface area contributed by atoms with Crippen LogP contribution in [0.2, 0.25) is 0 Å². The van der Waals surface area contributed by atoms with Gasteiger partial charge in [-0.05, 0) is 11.5 Å². The molecule has 0 radical (unpaired) electrons. The first-order valence-corrected chi connectivity index (χ1v) is 5.03. The fraction of sp³-hybridized carbons (Fsp3) is 0.455. The van der Waals surface area contributed by atoms with Gasteiger partial charge in [0.05, 0.1) is 11.3 Å². The molecule has 0 amide bonds. The van der Waals surface area contributed by atoms with Crippen LogP contribution in [0.1, 0.15) is 31.1 Å². The maximum absolute atomic E-state index is 10.8. The van der Waals surface area contributed by atoms with Crippen molar-refractivity contribution in [1.82, 2.24) is 4.98 Å². The van der Waals surface area contributed by atoms with E-state index in [1.54, 1.807) is 0 Å². The van der Waals surface area contributed by atoms with Crippen molar-refractivity contribution in [3.05, 3.63) is 17.8 Å². The van der Waals surface area contributed by atoms with Gasteiger partial charge in [-0.3, -0.25) is 0 Å². The molecule has 0 aliphatic rings. The molecular weight excluding hydrogens is 206 g/mol. The van der Waals surface area contributed by atoms with Gasteiger partial charge in [-0.1, -0.05) is 20.8 Å². The average molecular weight is 223 g/mol. The Bertz CT molecular complexity index is 397. The lowest BCUT2D eigenvalue weighted by Gasteiger charge is -2.20. The molecule has 0 spiro atoms. The summed E-state index contributed by atoms with van der Waals surface area (Å²) in [6, 6.07) is 1.39. The number of nitrogen functional groups attached to an aromatic ring is 1. The molecule has 0 aromatic carbocycles. The van der Waals surface area contributed by atoms with Gasteiger partial charge < -0.3 is 16.2 Å². The standard InChI is InChI=1S/C11H17N3O2/c1-11(2,3)6-14-9-8(12)7(10(15)16)4-5-13-9/h4-5H,6,12H2,1-3H3,(H,13,14)(H,15,16). The molecule has 0 aliphatic heterocycles. The van der Waals surface area contributed by atoms with Crippen molar-refractivity contribution in [3.8, 4) is 0 Å². The monoisotopic (exact) mass is 223 g/mol. The number of carboxylic acids is 1. The van der Waals surface area contributed by atoms with Crippen LogP contribution in [0, 0.1) is 5.41 Å². The zero-order chi connectivity index (χ0) is 12.3. The molecule has 0 saturated carbocycles. The van der Waals surface area contributed by atoms with Gasteiger partial charge in [0.2, 0.25) is 0 Å². The molecule has 0 bridgehead atoms. The molecular formula is C11H17N3O2. The lowest BCUT2D eigenvalue weighted by atomic mass is 9.97. The third-order valence-corrected chi connectivity index (χ3v) is 2.01. The first-order chi connectivity index (χ1) is 7.31. The van der Waals surface area contributed by atoms with E-state index in [-0.39, 0.29) is 16.7 Å². The predicted octanol–water partition coefficient (Wildman–Crippen LogP) is 1.82. The van der Waals surface area contributed by atoms with E-state index in [0.717, 1.165) is 0 Å². The number of nitrogens with zero attached hydrogens (tertiary/aromatic N) is 1. The third-order valence-electron chi connectivity index (χ3n) is 2.01. The summed E-state index contributed by atoms with van der Waals surface area (Å²) >= 11 is 0. The molecule has 1 rings (SSSR count). The summed E-state index contributed by atoms with van der Waals surface area (Å²) in [7, 11) is 0. The van der Waals surface area contributed by atoms with Crippen LogP contribution in [0.3, 0.4) is 0 Å². The highest BCUT2D eigenvalue weighted by Crippen LogP contribution is 2.22. The SMILES string of the molecule is CC(C)(C)CNc1nccc(C(=O)O)c1N. The topological polar surface area (TPSA) is 88.2 Å². The van der Waals surface area contributed by atoms with Crippen LogP contribution < -0.4 is 11.1 Å². The fourth-order valence-electron chi connectivity index (χ4n) is 1.15. The molecule has 1 aromatic heterocycles. The van der Waals surface area contributed by atoms with Crippen molar-refractivity contribution < 1.29 is 9.90 Å². The molecule has 0 fully saturated rings. The van der Waals surface area contributed by atoms with Gasteiger partial charge in [-0.2, -0.15) is 0 Å². The molecule has 1 aromatic rings. The first kappa shape index (κ1) is 12.3. The lowest BCUT2D eigenvalue weighted by Crippen LogP contribution is -2.20. The van der Waals surface area contributed by atoms with E-state index in [0.29, 0.717) is 12.4 Å². The fourth-order valence-corrected chi connectivity index (χ4v) is 1.15. The van der Waals surface area contributed by atoms with Gasteiger partial charge in [-0.25, -0.2) is 9.78 Å². The zero-order valence-electron chi connectivity index (χ0n) is 9.74. The zero-order valence-corrected chi connectivity index (χ0v) is 9.74. The molecule has 0 aliphatic carbocycles. The first-order valence-electron chi connectivity index (χ1n) is 5.03. The molecule has 5 heteroatoms. The summed E-state index contributed by atoms with van der Waals surface area (Å²) < 4.78 is 0. The Balaban J connectivity index is 2.90. The van der Waals surface area contributed by atoms with Crippen molar-refractivity contribution >= 4 is 17.5 Å². The van der Waals surface area contributed by atoms with Gasteiger partial charge in [-0.15, -0.1) is 0 Å². The van der Waals surface area contributed by atoms with Crippen LogP contribution >= 0.6 is 0 Å². The Morgan fingerprint density at radius 1 is 1.56 bits per heavy atom. The van der Waals surface area contributed by atoms with Crippen molar-refractivity contribution in [1.29, 1.82) is 0 Å². The molecule has 4 N–H and O–H groups in total. The Labute approximate surface area is 94.7 Å². The molecule has 16 heavy (non-hydrogen) atoms. The van der Waals surface area contributed by atoms with Gasteiger partial charge in [0.25, 0.3) is 0 Å². The van der Waals surface area contributed by atoms with E-state index in [2.05, 4.69) is 31.1 Å². The van der Waals surface area contributed by atoms with Crippen molar-refractivity contribution in [3.63, 3.8) is 0 Å². The summed E-state index contributed by atoms with van der Waals surface area (Å²) in [6.45, 7) is 6.87. The van der Waals surface area contributed by atoms with E-state index < -0.39 is 5.97 Å². The minimum Gasteiger partial charge on any atom is -0.478 e. The van der Waals surface area contributed by atoms with Gasteiger partial charge in [0.15, 0.2) is 0 Å². The molecule has 5 nitrogen and oxygen atoms in total. The van der Waals surface area contributed by atoms with E-state index in [9.17, 15) is 4.79 Å². The number of hydrogen-bond acceptors (Lipinski definition) is 4. The van der Waals surface area contributed by atoms with Gasteiger partial charge in [0.1, 0.15) is 5.82 Å². The maximum atomic E-state index is 10.8. The van der Waals surface area contributed by atoms with Crippen molar-refractivity contribution in [2.45, 2.75) is 20.8 Å². The Morgan fingerprint density at radius 3 is 2.69 bits per heavy atom. The number of hydrogen-bond donors (Lipinski definition) is 3. The number of nitrogens with two attached hydrogens (primary N) is 1. The Morgan fingerprint density at radius 2 is 2.19 bits per heavy atom. The second-order valence-electron chi connectivity index (χ2n) is 4.84. The number of rotatable bonds is 3. The molecule has 88 valence electrons. The summed E-state index contributed by atoms with van der Waals surface area (Å²) in [4.78, 5) is 14.9. The van der Waals surface area contributed by atoms with Crippen LogP contribution in [0.5, 0.6) is 0 Å². The highest BCUT2D eigenvalue weighted by atomic mass is 16.4. The Hall–Kier alpha value is -1.78. The number of pyridine rings is 1. The smallest absolute Gasteiger partial charge is 0.337 e. The molecule has 1 heterocycles. The Kier molecular flexibility index (Phi) is 3.37. The largest absolute Gasteiger partial charge is 0.478 e. The van der Waals surface area contributed by atoms with E-state index in [1.807, 2.05) is 0 Å². The van der Waals surface area contributed by atoms with E-state index in [4.69, 9.17) is 10.8 Å². The predicted molar refractivity (Wildman–Crippen MR) is 63.6 cm³/mol. The normalized spacial score (nSPS) is 11.2. The summed E-state index contributed by atoms with van der Waals surface area (Å²) in [5.41, 5.74) is 6.04. The second kappa shape index (κ2) is 4.38. The summed E-state index contributed by atoms with van der Waals surface area (Å²) in [6.07, 6.45) is 1.44. The number of aromatic nitrogens is 1. The number of anilines is 2. The number of carbonyl (C=O) groups is 1. The highest BCUT2D eigenvalue weighted by molar-refractivity contribution is 5.96. The van der Waals surface area contributed by atoms with Crippen LogP contribution in [0.4, 0.5) is 11.5 Å². The highest BCUT2D eigenvalue weighted by Gasteiger charge is 2.14. The third kappa shape index (κ3) is 3.12. The molecule has 0 unspecified atom stereocenters. The number of aromatic carboxylic acids is 1. The molecule has 0 atom stereocenters. The maximum Gasteiger partial charge on any atom is 0.337 e. The minimum atomic E-state index is -1.04. The number of carboxylic acid groups (broad SMARTS) is 1. The van der Waals surface area contributed by atoms with Crippen LogP contribution in [-0.4, -0.2) is 22.6 Å². The van der Waals surface area contributed by atoms with Gasteiger partial charge in [0, 0.05) is 12.7 Å². The lowest BCUT2D eigenvalue weighted by molar-refractivity contribution is 0.0698. The average Bonchev–Trinajstić information content (AvgIpc) is 2.14. The van der Waals surface area contributed by atoms with E-state index >= 15 is 0 Å². The molecule has 0 saturated heterocycles. The van der Waals surface area contributed by atoms with Crippen molar-refractivity contribution in [2.75, 3.05) is 17.6 Å². The van der Waals surface area contributed by atoms with Crippen LogP contribution in [0.15, 0.2) is 12.3 Å². The second-order valence-corrected chi connectivity index (χ2v) is 4.84. The van der Waals surface area contributed by atoms with Crippen LogP contribution in [0.25, 0.3) is 0 Å². The van der Waals surface area contributed by atoms with Gasteiger partial charge >= 0.3 is 5.97 Å². The number of nitrogens with one attached hydrogen (secondary N) is 1.